The van der Waals surface area contributed by atoms with Crippen LogP contribution in [0.3, 0.4) is 0 Å². The Morgan fingerprint density at radius 3 is 2.00 bits per heavy atom. The van der Waals surface area contributed by atoms with Gasteiger partial charge in [0.15, 0.2) is 23.0 Å². The van der Waals surface area contributed by atoms with E-state index in [-0.39, 0.29) is 79.5 Å². The number of pyridine rings is 1. The number of aromatic nitrogens is 1. The fourth-order valence-electron chi connectivity index (χ4n) is 3.16. The van der Waals surface area contributed by atoms with Crippen LogP contribution in [0, 0.1) is 36.9 Å². The first-order valence-electron chi connectivity index (χ1n) is 11.0. The molecule has 2 amide bonds. The topological polar surface area (TPSA) is 207 Å². The van der Waals surface area contributed by atoms with Gasteiger partial charge in [0.25, 0.3) is 17.4 Å². The number of aliphatic carboxylic acids is 1. The Bertz CT molecular complexity index is 1210. The molecule has 2 aromatic rings. The van der Waals surface area contributed by atoms with Gasteiger partial charge in [-0.25, -0.2) is 0 Å². The molecule has 1 aromatic heterocycles. The minimum atomic E-state index is -1.11. The van der Waals surface area contributed by atoms with Gasteiger partial charge in [0.05, 0.1) is 23.1 Å². The van der Waals surface area contributed by atoms with Gasteiger partial charge in [-0.3, -0.25) is 24.0 Å². The van der Waals surface area contributed by atoms with Crippen molar-refractivity contribution in [3.63, 3.8) is 0 Å². The van der Waals surface area contributed by atoms with Crippen molar-refractivity contribution >= 4 is 23.6 Å². The minimum Gasteiger partial charge on any atom is -0.504 e. The molecule has 1 radical (unpaired) electrons. The summed E-state index contributed by atoms with van der Waals surface area (Å²) >= 11 is 0. The zero-order valence-electron chi connectivity index (χ0n) is 19.8. The van der Waals surface area contributed by atoms with Gasteiger partial charge in [0, 0.05) is 76.2 Å². The number of carboxylic acid groups (broad SMARTS) is 1. The molecule has 37 heavy (non-hydrogen) atoms. The van der Waals surface area contributed by atoms with Crippen LogP contribution in [0.15, 0.2) is 29.2 Å². The summed E-state index contributed by atoms with van der Waals surface area (Å²) in [4.78, 5) is 58.7. The zero-order valence-corrected chi connectivity index (χ0v) is 21.6. The number of amides is 2. The number of carbonyl (C=O) groups is 4. The van der Waals surface area contributed by atoms with E-state index in [9.17, 15) is 39.3 Å². The van der Waals surface area contributed by atoms with Gasteiger partial charge in [-0.05, 0) is 31.2 Å². The smallest absolute Gasteiger partial charge is 0.305 e. The molecule has 13 nitrogen and oxygen atoms in total. The van der Waals surface area contributed by atoms with Crippen LogP contribution in [0.1, 0.15) is 50.3 Å². The van der Waals surface area contributed by atoms with E-state index in [0.717, 1.165) is 4.57 Å². The third-order valence-corrected chi connectivity index (χ3v) is 5.15. The summed E-state index contributed by atoms with van der Waals surface area (Å²) in [6, 6.07) is 3.70. The molecule has 14 heteroatoms. The van der Waals surface area contributed by atoms with Gasteiger partial charge in [0.2, 0.25) is 0 Å². The summed E-state index contributed by atoms with van der Waals surface area (Å²) in [5, 5.41) is 46.5. The summed E-state index contributed by atoms with van der Waals surface area (Å²) in [5.41, 5.74) is -1.26. The maximum absolute atomic E-state index is 12.4. The average Bonchev–Trinajstić information content (AvgIpc) is 2.83. The molecular weight excluding hydrogens is 645 g/mol. The summed E-state index contributed by atoms with van der Waals surface area (Å²) in [7, 11) is 1.45. The predicted octanol–water partition coefficient (Wildman–Crippen LogP) is -0.311. The molecule has 0 unspecified atom stereocenters. The first kappa shape index (κ1) is 31.9. The van der Waals surface area contributed by atoms with Crippen molar-refractivity contribution in [3.05, 3.63) is 51.4 Å². The molecule has 0 aliphatic carbocycles. The first-order chi connectivity index (χ1) is 17.0. The number of phenols is 2. The Morgan fingerprint density at radius 1 is 0.784 bits per heavy atom. The normalized spacial score (nSPS) is 10.3. The number of Topliss-reactive ketones (excluding diaryl/α,β-unsaturated/α-hetero) is 1. The Labute approximate surface area is 240 Å². The number of rotatable bonds is 13. The maximum Gasteiger partial charge on any atom is 0.305 e. The third-order valence-electron chi connectivity index (χ3n) is 5.15. The van der Waals surface area contributed by atoms with Crippen molar-refractivity contribution in [1.29, 1.82) is 0 Å². The van der Waals surface area contributed by atoms with E-state index in [2.05, 4.69) is 16.0 Å². The minimum absolute atomic E-state index is 0. The van der Waals surface area contributed by atoms with Crippen LogP contribution < -0.4 is 21.5 Å². The largest absolute Gasteiger partial charge is 0.504 e. The van der Waals surface area contributed by atoms with Gasteiger partial charge in [-0.2, -0.15) is 0 Å². The average molecular weight is 673 g/mol. The molecule has 0 atom stereocenters. The number of benzene rings is 1. The van der Waals surface area contributed by atoms with Gasteiger partial charge in [-0.15, -0.1) is 0 Å². The molecule has 7 N–H and O–H groups in total. The van der Waals surface area contributed by atoms with Crippen LogP contribution >= 0.6 is 0 Å². The molecule has 0 bridgehead atoms. The van der Waals surface area contributed by atoms with Crippen molar-refractivity contribution in [3.8, 4) is 17.2 Å². The van der Waals surface area contributed by atoms with E-state index >= 15 is 0 Å². The van der Waals surface area contributed by atoms with E-state index < -0.39 is 46.4 Å². The van der Waals surface area contributed by atoms with Crippen molar-refractivity contribution in [2.24, 2.45) is 7.05 Å². The van der Waals surface area contributed by atoms with E-state index in [4.69, 9.17) is 5.11 Å². The van der Waals surface area contributed by atoms with Crippen LogP contribution in [0.2, 0.25) is 0 Å². The maximum atomic E-state index is 12.4. The number of carbonyl (C=O) groups excluding carboxylic acids is 3. The number of ketones is 1. The second-order valence-electron chi connectivity index (χ2n) is 7.78. The zero-order chi connectivity index (χ0) is 26.8. The summed E-state index contributed by atoms with van der Waals surface area (Å²) < 4.78 is 1.15. The Balaban J connectivity index is 0.00000684. The summed E-state index contributed by atoms with van der Waals surface area (Å²) in [6.07, 6.45) is 1.46. The van der Waals surface area contributed by atoms with Crippen molar-refractivity contribution in [2.45, 2.75) is 19.3 Å². The number of hydrogen-bond acceptors (Lipinski definition) is 9. The number of carboxylic acids is 1. The van der Waals surface area contributed by atoms with Crippen LogP contribution in [-0.2, 0) is 11.8 Å². The van der Waals surface area contributed by atoms with Gasteiger partial charge in [-0.1, -0.05) is 0 Å². The molecule has 0 saturated heterocycles. The molecule has 0 aliphatic rings. The number of phenolic OH excluding ortho intramolecular Hbond substituents is 2. The SMILES string of the molecule is Cn1ccc(C(=O)NCCNCCCC(=O)c2ccc(C(=O)NCCC(=O)O)c(O)c2O)c(O)c1=O.[Tm]. The van der Waals surface area contributed by atoms with Crippen LogP contribution in [0.5, 0.6) is 17.2 Å². The fraction of sp³-hybridized carbons (Fsp3) is 0.348. The molecule has 207 valence electrons. The van der Waals surface area contributed by atoms with Crippen LogP contribution in [0.4, 0.5) is 0 Å². The Kier molecular flexibility index (Phi) is 13.1. The standard InChI is InChI=1S/C23H28N4O9.Tm/c1-27-12-7-15(20(33)23(27)36)22(35)26-11-10-24-8-2-3-16(28)13-4-5-14(19(32)18(13)31)21(34)25-9-6-17(29)30;/h4-5,7,12,24,31-33H,2-3,6,8-11H2,1H3,(H,25,34)(H,26,35)(H,29,30);. The molecule has 0 aliphatic heterocycles. The molecule has 1 heterocycles. The van der Waals surface area contributed by atoms with E-state index in [1.54, 1.807) is 0 Å². The number of aromatic hydroxyl groups is 3. The fourth-order valence-corrected chi connectivity index (χ4v) is 3.16. The number of hydrogen-bond donors (Lipinski definition) is 7. The molecule has 1 aromatic carbocycles. The van der Waals surface area contributed by atoms with Gasteiger partial charge < -0.3 is 40.9 Å². The van der Waals surface area contributed by atoms with Crippen molar-refractivity contribution in [1.82, 2.24) is 20.5 Å². The van der Waals surface area contributed by atoms with E-state index in [1.165, 1.54) is 31.4 Å². The monoisotopic (exact) mass is 673 g/mol. The van der Waals surface area contributed by atoms with Crippen molar-refractivity contribution < 1.29 is 76.5 Å². The van der Waals surface area contributed by atoms with E-state index in [1.807, 2.05) is 0 Å². The molecule has 0 fully saturated rings. The molecule has 0 saturated carbocycles. The first-order valence-corrected chi connectivity index (χ1v) is 11.0. The molecule has 0 spiro atoms. The Hall–Kier alpha value is -3.16. The van der Waals surface area contributed by atoms with Crippen LogP contribution in [0.25, 0.3) is 0 Å². The molecule has 2 rings (SSSR count). The third kappa shape index (κ3) is 9.02. The second kappa shape index (κ2) is 15.2. The summed E-state index contributed by atoms with van der Waals surface area (Å²) in [6.45, 7) is 0.783. The quantitative estimate of drug-likeness (QED) is 0.0839. The van der Waals surface area contributed by atoms with Crippen molar-refractivity contribution in [2.75, 3.05) is 26.2 Å². The number of nitrogens with zero attached hydrogens (tertiary/aromatic N) is 1. The second-order valence-corrected chi connectivity index (χ2v) is 7.78. The van der Waals surface area contributed by atoms with Gasteiger partial charge >= 0.3 is 5.97 Å². The van der Waals surface area contributed by atoms with Crippen LogP contribution in [-0.4, -0.2) is 74.7 Å². The number of aryl methyl sites for hydroxylation is 1. The Morgan fingerprint density at radius 2 is 1.35 bits per heavy atom. The summed E-state index contributed by atoms with van der Waals surface area (Å²) in [5.74, 6) is -5.10. The van der Waals surface area contributed by atoms with E-state index in [0.29, 0.717) is 19.5 Å². The molecular formula is C23H28N4O9Tm. The number of nitrogens with one attached hydrogen (secondary N) is 3. The predicted molar refractivity (Wildman–Crippen MR) is 126 cm³/mol. The van der Waals surface area contributed by atoms with Gasteiger partial charge in [0.1, 0.15) is 0 Å².